The molecule has 0 saturated carbocycles. The molecule has 102 valence electrons. The monoisotopic (exact) mass is 281 g/mol. The van der Waals surface area contributed by atoms with Crippen molar-refractivity contribution in [3.05, 3.63) is 57.3 Å². The minimum Gasteiger partial charge on any atom is -0.308 e. The van der Waals surface area contributed by atoms with Crippen molar-refractivity contribution in [2.45, 2.75) is 32.9 Å². The van der Waals surface area contributed by atoms with Crippen LogP contribution >= 0.6 is 11.3 Å². The Labute approximate surface area is 116 Å². The summed E-state index contributed by atoms with van der Waals surface area (Å²) in [6.07, 6.45) is -1.34. The van der Waals surface area contributed by atoms with Crippen molar-refractivity contribution in [1.82, 2.24) is 5.32 Å². The molecule has 0 spiro atoms. The molecular formula is C15H17F2NS. The van der Waals surface area contributed by atoms with Gasteiger partial charge in [-0.1, -0.05) is 31.2 Å². The van der Waals surface area contributed by atoms with Crippen molar-refractivity contribution in [1.29, 1.82) is 0 Å². The summed E-state index contributed by atoms with van der Waals surface area (Å²) < 4.78 is 24.8. The molecule has 4 heteroatoms. The summed E-state index contributed by atoms with van der Waals surface area (Å²) in [6, 6.07) is 8.64. The highest BCUT2D eigenvalue weighted by Crippen LogP contribution is 2.19. The first-order valence-corrected chi connectivity index (χ1v) is 7.21. The fraction of sp³-hybridized carbons (Fsp3) is 0.333. The molecule has 19 heavy (non-hydrogen) atoms. The first-order chi connectivity index (χ1) is 9.20. The normalized spacial score (nSPS) is 11.2. The van der Waals surface area contributed by atoms with Crippen LogP contribution in [0.15, 0.2) is 35.7 Å². The van der Waals surface area contributed by atoms with Crippen molar-refractivity contribution in [3.63, 3.8) is 0 Å². The highest BCUT2D eigenvalue weighted by atomic mass is 32.1. The molecule has 0 unspecified atom stereocenters. The highest BCUT2D eigenvalue weighted by Gasteiger charge is 2.06. The van der Waals surface area contributed by atoms with Gasteiger partial charge in [-0.25, -0.2) is 8.78 Å². The van der Waals surface area contributed by atoms with E-state index in [9.17, 15) is 8.78 Å². The van der Waals surface area contributed by atoms with Crippen molar-refractivity contribution in [3.8, 4) is 0 Å². The Bertz CT molecular complexity index is 505. The average molecular weight is 281 g/mol. The average Bonchev–Trinajstić information content (AvgIpc) is 2.87. The maximum absolute atomic E-state index is 12.4. The summed E-state index contributed by atoms with van der Waals surface area (Å²) in [4.78, 5) is 1.35. The molecule has 0 aliphatic carbocycles. The quantitative estimate of drug-likeness (QED) is 0.819. The second kappa shape index (κ2) is 6.78. The fourth-order valence-corrected chi connectivity index (χ4v) is 2.88. The van der Waals surface area contributed by atoms with E-state index < -0.39 is 6.43 Å². The summed E-state index contributed by atoms with van der Waals surface area (Å²) in [6.45, 7) is 3.68. The lowest BCUT2D eigenvalue weighted by molar-refractivity contribution is 0.151. The number of alkyl halides is 2. The van der Waals surface area contributed by atoms with Crippen LogP contribution in [0.25, 0.3) is 0 Å². The number of benzene rings is 1. The van der Waals surface area contributed by atoms with E-state index in [1.165, 1.54) is 22.6 Å². The largest absolute Gasteiger partial charge is 0.308 e. The third-order valence-electron chi connectivity index (χ3n) is 3.06. The second-order valence-electron chi connectivity index (χ2n) is 4.37. The van der Waals surface area contributed by atoms with Gasteiger partial charge in [0.25, 0.3) is 6.43 Å². The molecular weight excluding hydrogens is 264 g/mol. The zero-order chi connectivity index (χ0) is 13.7. The van der Waals surface area contributed by atoms with Gasteiger partial charge in [-0.3, -0.25) is 0 Å². The summed E-state index contributed by atoms with van der Waals surface area (Å²) in [5.41, 5.74) is 2.49. The molecule has 1 aromatic heterocycles. The summed E-state index contributed by atoms with van der Waals surface area (Å²) in [7, 11) is 0. The Hall–Kier alpha value is -1.26. The van der Waals surface area contributed by atoms with Gasteiger partial charge in [0.05, 0.1) is 0 Å². The second-order valence-corrected chi connectivity index (χ2v) is 5.37. The molecule has 0 aliphatic rings. The van der Waals surface area contributed by atoms with Crippen LogP contribution in [0, 0.1) is 0 Å². The van der Waals surface area contributed by atoms with Crippen molar-refractivity contribution < 1.29 is 8.78 Å². The molecule has 1 nitrogen and oxygen atoms in total. The van der Waals surface area contributed by atoms with Gasteiger partial charge in [0.1, 0.15) is 0 Å². The van der Waals surface area contributed by atoms with Crippen LogP contribution < -0.4 is 5.32 Å². The van der Waals surface area contributed by atoms with Gasteiger partial charge in [0.2, 0.25) is 0 Å². The highest BCUT2D eigenvalue weighted by molar-refractivity contribution is 7.10. The van der Waals surface area contributed by atoms with Gasteiger partial charge in [-0.15, -0.1) is 11.3 Å². The van der Waals surface area contributed by atoms with E-state index >= 15 is 0 Å². The SMILES string of the molecule is CCc1ccsc1CNCc1ccc(C(F)F)cc1. The Morgan fingerprint density at radius 2 is 1.84 bits per heavy atom. The van der Waals surface area contributed by atoms with E-state index in [-0.39, 0.29) is 5.56 Å². The summed E-state index contributed by atoms with van der Waals surface area (Å²) >= 11 is 1.75. The first-order valence-electron chi connectivity index (χ1n) is 6.33. The molecule has 0 radical (unpaired) electrons. The molecule has 0 aliphatic heterocycles. The number of halogens is 2. The van der Waals surface area contributed by atoms with E-state index in [1.807, 2.05) is 0 Å². The zero-order valence-electron chi connectivity index (χ0n) is 10.8. The molecule has 1 N–H and O–H groups in total. The van der Waals surface area contributed by atoms with Crippen LogP contribution in [0.5, 0.6) is 0 Å². The molecule has 2 aromatic rings. The van der Waals surface area contributed by atoms with Crippen molar-refractivity contribution in [2.24, 2.45) is 0 Å². The van der Waals surface area contributed by atoms with E-state index in [1.54, 1.807) is 23.5 Å². The van der Waals surface area contributed by atoms with E-state index in [4.69, 9.17) is 0 Å². The van der Waals surface area contributed by atoms with Crippen LogP contribution in [0.3, 0.4) is 0 Å². The molecule has 0 atom stereocenters. The van der Waals surface area contributed by atoms with Gasteiger partial charge >= 0.3 is 0 Å². The predicted octanol–water partition coefficient (Wildman–Crippen LogP) is 4.54. The zero-order valence-corrected chi connectivity index (χ0v) is 11.6. The molecule has 0 amide bonds. The predicted molar refractivity (Wildman–Crippen MR) is 75.6 cm³/mol. The minimum absolute atomic E-state index is 0.0790. The van der Waals surface area contributed by atoms with Gasteiger partial charge in [0.15, 0.2) is 0 Å². The topological polar surface area (TPSA) is 12.0 Å². The third-order valence-corrected chi connectivity index (χ3v) is 4.03. The summed E-state index contributed by atoms with van der Waals surface area (Å²) in [5, 5.41) is 5.45. The van der Waals surface area contributed by atoms with Gasteiger partial charge in [-0.2, -0.15) is 0 Å². The number of hydrogen-bond donors (Lipinski definition) is 1. The van der Waals surface area contributed by atoms with Crippen LogP contribution in [0.2, 0.25) is 0 Å². The Morgan fingerprint density at radius 1 is 1.11 bits per heavy atom. The Kier molecular flexibility index (Phi) is 5.05. The summed E-state index contributed by atoms with van der Waals surface area (Å²) in [5.74, 6) is 0. The van der Waals surface area contributed by atoms with E-state index in [2.05, 4.69) is 23.7 Å². The van der Waals surface area contributed by atoms with Crippen molar-refractivity contribution in [2.75, 3.05) is 0 Å². The number of hydrogen-bond acceptors (Lipinski definition) is 2. The molecule has 0 bridgehead atoms. The lowest BCUT2D eigenvalue weighted by Crippen LogP contribution is -2.12. The molecule has 0 fully saturated rings. The fourth-order valence-electron chi connectivity index (χ4n) is 1.94. The maximum atomic E-state index is 12.4. The number of thiophene rings is 1. The van der Waals surface area contributed by atoms with Crippen LogP contribution in [0.1, 0.15) is 34.9 Å². The van der Waals surface area contributed by atoms with Crippen LogP contribution in [-0.4, -0.2) is 0 Å². The Balaban J connectivity index is 1.85. The standard InChI is InChI=1S/C15H17F2NS/c1-2-12-7-8-19-14(12)10-18-9-11-3-5-13(6-4-11)15(16)17/h3-8,15,18H,2,9-10H2,1H3. The van der Waals surface area contributed by atoms with E-state index in [0.29, 0.717) is 6.54 Å². The lowest BCUT2D eigenvalue weighted by Gasteiger charge is -2.06. The number of rotatable bonds is 6. The molecule has 1 heterocycles. The Morgan fingerprint density at radius 3 is 2.47 bits per heavy atom. The molecule has 2 rings (SSSR count). The van der Waals surface area contributed by atoms with Crippen molar-refractivity contribution >= 4 is 11.3 Å². The van der Waals surface area contributed by atoms with Crippen LogP contribution in [-0.2, 0) is 19.5 Å². The van der Waals surface area contributed by atoms with Gasteiger partial charge in [0, 0.05) is 23.5 Å². The smallest absolute Gasteiger partial charge is 0.263 e. The van der Waals surface area contributed by atoms with Gasteiger partial charge in [-0.05, 0) is 29.0 Å². The molecule has 1 aromatic carbocycles. The van der Waals surface area contributed by atoms with Crippen LogP contribution in [0.4, 0.5) is 8.78 Å². The third kappa shape index (κ3) is 3.85. The number of aryl methyl sites for hydroxylation is 1. The van der Waals surface area contributed by atoms with Gasteiger partial charge < -0.3 is 5.32 Å². The maximum Gasteiger partial charge on any atom is 0.263 e. The number of nitrogens with one attached hydrogen (secondary N) is 1. The first kappa shape index (κ1) is 14.2. The minimum atomic E-state index is -2.39. The molecule has 0 saturated heterocycles. The van der Waals surface area contributed by atoms with E-state index in [0.717, 1.165) is 18.5 Å². The lowest BCUT2D eigenvalue weighted by atomic mass is 10.1.